The summed E-state index contributed by atoms with van der Waals surface area (Å²) in [5.74, 6) is 0.276. The normalized spacial score (nSPS) is 11.2. The number of rotatable bonds is 20. The summed E-state index contributed by atoms with van der Waals surface area (Å²) in [6, 6.07) is 22.5. The van der Waals surface area contributed by atoms with Crippen LogP contribution >= 0.6 is 0 Å². The van der Waals surface area contributed by atoms with E-state index in [4.69, 9.17) is 9.47 Å². The van der Waals surface area contributed by atoms with E-state index in [1.807, 2.05) is 12.1 Å². The summed E-state index contributed by atoms with van der Waals surface area (Å²) in [6.07, 6.45) is 13.6. The van der Waals surface area contributed by atoms with Crippen molar-refractivity contribution in [3.63, 3.8) is 0 Å². The number of aryl methyl sites for hydroxylation is 2. The van der Waals surface area contributed by atoms with Crippen molar-refractivity contribution in [2.45, 2.75) is 114 Å². The molecular weight excluding hydrogens is 745 g/mol. The molecule has 0 atom stereocenters. The molecule has 0 aliphatic carbocycles. The van der Waals surface area contributed by atoms with Gasteiger partial charge in [-0.25, -0.2) is 8.42 Å². The summed E-state index contributed by atoms with van der Waals surface area (Å²) in [7, 11) is -9.11. The molecule has 0 saturated heterocycles. The summed E-state index contributed by atoms with van der Waals surface area (Å²) in [6.45, 7) is 4.30. The van der Waals surface area contributed by atoms with E-state index in [1.165, 1.54) is 37.8 Å². The first-order valence-corrected chi connectivity index (χ1v) is 20.8. The molecule has 13 heteroatoms. The second-order valence-electron chi connectivity index (χ2n) is 12.6. The Labute approximate surface area is 345 Å². The first-order chi connectivity index (χ1) is 24.8. The average molecular weight is 795 g/mol. The molecule has 0 fully saturated rings. The molecule has 53 heavy (non-hydrogen) atoms. The zero-order chi connectivity index (χ0) is 38.0. The third-order valence-corrected chi connectivity index (χ3v) is 10.2. The van der Waals surface area contributed by atoms with E-state index < -0.39 is 30.9 Å². The molecule has 2 N–H and O–H groups in total. The van der Waals surface area contributed by atoms with Gasteiger partial charge in [-0.05, 0) is 79.3 Å². The molecule has 10 nitrogen and oxygen atoms in total. The first-order valence-electron chi connectivity index (χ1n) is 17.9. The molecular formula is C40H50CaO10S2. The van der Waals surface area contributed by atoms with Crippen LogP contribution in [0.15, 0.2) is 94.7 Å². The Balaban J connectivity index is 0.000000360. The van der Waals surface area contributed by atoms with E-state index in [1.54, 1.807) is 48.5 Å². The minimum absolute atomic E-state index is 0. The van der Waals surface area contributed by atoms with Crippen LogP contribution in [0.1, 0.15) is 102 Å². The van der Waals surface area contributed by atoms with E-state index in [-0.39, 0.29) is 59.9 Å². The number of phenolic OH excluding ortho intramolecular Hbond substituents is 1. The van der Waals surface area contributed by atoms with Crippen molar-refractivity contribution in [1.29, 1.82) is 0 Å². The largest absolute Gasteiger partial charge is 2.00 e. The molecule has 4 aromatic rings. The Morgan fingerprint density at radius 2 is 1.00 bits per heavy atom. The van der Waals surface area contributed by atoms with Gasteiger partial charge in [-0.3, -0.25) is 4.55 Å². The number of hydrogen-bond donors (Lipinski definition) is 2. The van der Waals surface area contributed by atoms with Crippen LogP contribution < -0.4 is 14.6 Å². The molecule has 0 bridgehead atoms. The van der Waals surface area contributed by atoms with E-state index in [0.29, 0.717) is 35.5 Å². The van der Waals surface area contributed by atoms with Crippen LogP contribution in [-0.2, 0) is 33.1 Å². The number of phenols is 1. The standard InChI is InChI=1S/2C20H26O5S.Ca/c2*1-2-3-4-5-6-8-11-16-14-19(25-17-12-9-7-10-13-17)18(21)15-20(16)26(22,23)24;/h2*7,9-10,12-15,21H,2-6,8,11H2,1H3,(H,22,23,24);/q;;+2/p-2. The minimum atomic E-state index is -4.70. The number of unbranched alkanes of at least 4 members (excludes halogenated alkanes) is 10. The molecule has 4 aromatic carbocycles. The van der Waals surface area contributed by atoms with E-state index in [2.05, 4.69) is 13.8 Å². The second-order valence-corrected chi connectivity index (χ2v) is 15.4. The van der Waals surface area contributed by atoms with Gasteiger partial charge in [-0.15, -0.1) is 0 Å². The predicted molar refractivity (Wildman–Crippen MR) is 205 cm³/mol. The number of para-hydroxylation sites is 2. The van der Waals surface area contributed by atoms with Crippen LogP contribution in [0, 0.1) is 0 Å². The topological polar surface area (TPSA) is 173 Å². The predicted octanol–water partition coefficient (Wildman–Crippen LogP) is 9.31. The fourth-order valence-electron chi connectivity index (χ4n) is 5.62. The Kier molecular flexibility index (Phi) is 20.8. The fraction of sp³-hybridized carbons (Fsp3) is 0.400. The SMILES string of the molecule is CCCCCCCCc1cc(Oc2ccccc2)c(O)cc1S(=O)(=O)O.CCCCCCCCc1cc(Oc2ccccc2)c([O-])cc1S(=O)(=O)[O-].[Ca+2]. The van der Waals surface area contributed by atoms with Crippen molar-refractivity contribution in [2.24, 2.45) is 0 Å². The van der Waals surface area contributed by atoms with Crippen LogP contribution in [0.3, 0.4) is 0 Å². The zero-order valence-electron chi connectivity index (χ0n) is 30.7. The van der Waals surface area contributed by atoms with E-state index in [0.717, 1.165) is 63.5 Å². The van der Waals surface area contributed by atoms with Gasteiger partial charge >= 0.3 is 37.7 Å². The summed E-state index contributed by atoms with van der Waals surface area (Å²) in [5.41, 5.74) is 0.799. The quantitative estimate of drug-likeness (QED) is 0.0499. The Hall–Kier alpha value is -2.84. The van der Waals surface area contributed by atoms with Crippen molar-refractivity contribution >= 4 is 58.0 Å². The maximum Gasteiger partial charge on any atom is 2.00 e. The van der Waals surface area contributed by atoms with Crippen molar-refractivity contribution in [2.75, 3.05) is 0 Å². The molecule has 0 saturated carbocycles. The first kappa shape index (κ1) is 46.3. The molecule has 0 aliphatic heterocycles. The molecule has 0 radical (unpaired) electrons. The zero-order valence-corrected chi connectivity index (χ0v) is 34.5. The second kappa shape index (κ2) is 23.8. The fourth-order valence-corrected chi connectivity index (χ4v) is 7.11. The summed E-state index contributed by atoms with van der Waals surface area (Å²) in [5, 5.41) is 22.3. The Morgan fingerprint density at radius 1 is 0.585 bits per heavy atom. The monoisotopic (exact) mass is 794 g/mol. The number of ether oxygens (including phenoxy) is 2. The number of benzene rings is 4. The third kappa shape index (κ3) is 16.6. The van der Waals surface area contributed by atoms with Gasteiger partial charge in [0.15, 0.2) is 11.5 Å². The van der Waals surface area contributed by atoms with Gasteiger partial charge < -0.3 is 24.2 Å². The Morgan fingerprint density at radius 3 is 1.45 bits per heavy atom. The average Bonchev–Trinajstić information content (AvgIpc) is 3.10. The van der Waals surface area contributed by atoms with Crippen LogP contribution in [-0.4, -0.2) is 68.8 Å². The van der Waals surface area contributed by atoms with E-state index >= 15 is 0 Å². The van der Waals surface area contributed by atoms with Gasteiger partial charge in [0.25, 0.3) is 10.1 Å². The molecule has 0 aromatic heterocycles. The van der Waals surface area contributed by atoms with Crippen molar-refractivity contribution in [3.8, 4) is 34.5 Å². The molecule has 4 rings (SSSR count). The van der Waals surface area contributed by atoms with Gasteiger partial charge in [0.2, 0.25) is 0 Å². The smallest absolute Gasteiger partial charge is 0.870 e. The van der Waals surface area contributed by atoms with Gasteiger partial charge in [-0.1, -0.05) is 120 Å². The Bertz CT molecular complexity index is 1750. The van der Waals surface area contributed by atoms with E-state index in [9.17, 15) is 36.2 Å². The van der Waals surface area contributed by atoms with Gasteiger partial charge in [0.05, 0.1) is 4.90 Å². The maximum absolute atomic E-state index is 12.2. The maximum atomic E-state index is 12.2. The number of hydrogen-bond acceptors (Lipinski definition) is 9. The summed E-state index contributed by atoms with van der Waals surface area (Å²) >= 11 is 0. The minimum Gasteiger partial charge on any atom is -0.870 e. The van der Waals surface area contributed by atoms with Crippen LogP contribution in [0.2, 0.25) is 0 Å². The molecule has 284 valence electrons. The molecule has 0 aliphatic rings. The van der Waals surface area contributed by atoms with Crippen LogP contribution in [0.25, 0.3) is 0 Å². The van der Waals surface area contributed by atoms with Crippen molar-refractivity contribution in [3.05, 3.63) is 96.1 Å². The third-order valence-electron chi connectivity index (χ3n) is 8.36. The molecule has 0 spiro atoms. The molecule has 0 amide bonds. The van der Waals surface area contributed by atoms with Crippen LogP contribution in [0.4, 0.5) is 0 Å². The van der Waals surface area contributed by atoms with Crippen molar-refractivity contribution < 1.29 is 45.6 Å². The van der Waals surface area contributed by atoms with Gasteiger partial charge in [-0.2, -0.15) is 8.42 Å². The molecule has 0 heterocycles. The summed E-state index contributed by atoms with van der Waals surface area (Å²) < 4.78 is 78.5. The van der Waals surface area contributed by atoms with Crippen molar-refractivity contribution in [1.82, 2.24) is 0 Å². The van der Waals surface area contributed by atoms with Crippen LogP contribution in [0.5, 0.6) is 34.5 Å². The van der Waals surface area contributed by atoms with Gasteiger partial charge in [0.1, 0.15) is 32.3 Å². The summed E-state index contributed by atoms with van der Waals surface area (Å²) in [4.78, 5) is -0.694. The van der Waals surface area contributed by atoms with Gasteiger partial charge in [0, 0.05) is 6.07 Å². The number of aromatic hydroxyl groups is 1. The molecule has 0 unspecified atom stereocenters.